The Hall–Kier alpha value is -2.14. The molecule has 0 saturated carbocycles. The van der Waals surface area contributed by atoms with Crippen molar-refractivity contribution in [3.63, 3.8) is 0 Å². The van der Waals surface area contributed by atoms with E-state index < -0.39 is 0 Å². The van der Waals surface area contributed by atoms with Crippen LogP contribution in [0.15, 0.2) is 54.7 Å². The molecule has 33 heavy (non-hydrogen) atoms. The maximum atomic E-state index is 6.00. The third kappa shape index (κ3) is 5.03. The predicted molar refractivity (Wildman–Crippen MR) is 150 cm³/mol. The molecule has 0 aliphatic carbocycles. The maximum absolute atomic E-state index is 6.00. The Bertz CT molecular complexity index is 845. The van der Waals surface area contributed by atoms with E-state index in [1.165, 1.54) is 0 Å². The van der Waals surface area contributed by atoms with Crippen molar-refractivity contribution >= 4 is 28.8 Å². The second-order valence-corrected chi connectivity index (χ2v) is 10.3. The first-order valence-corrected chi connectivity index (χ1v) is 12.6. The van der Waals surface area contributed by atoms with Gasteiger partial charge >= 0.3 is 0 Å². The Kier molecular flexibility index (Phi) is 9.51. The van der Waals surface area contributed by atoms with Crippen molar-refractivity contribution in [3.05, 3.63) is 54.7 Å². The van der Waals surface area contributed by atoms with Gasteiger partial charge in [-0.2, -0.15) is 0 Å². The van der Waals surface area contributed by atoms with Crippen LogP contribution in [0.5, 0.6) is 0 Å². The number of piperazine rings is 1. The van der Waals surface area contributed by atoms with E-state index in [-0.39, 0.29) is 22.2 Å². The smallest absolute Gasteiger partial charge is 0.174 e. The number of nitrogens with one attached hydrogen (secondary N) is 1. The molecule has 0 bridgehead atoms. The lowest BCUT2D eigenvalue weighted by Crippen LogP contribution is -2.85. The normalized spacial score (nSPS) is 19.3. The van der Waals surface area contributed by atoms with Gasteiger partial charge in [0.1, 0.15) is 5.82 Å². The SMILES string of the molecule is CC.CC.CC1(C)N(C(=S)Nc2ccccc2)C(C)(C)C(C)(C)N(c2ccccn2)C1(C)C. The fourth-order valence-electron chi connectivity index (χ4n) is 4.76. The minimum absolute atomic E-state index is 0.247. The van der Waals surface area contributed by atoms with Gasteiger partial charge in [-0.25, -0.2) is 4.98 Å². The van der Waals surface area contributed by atoms with Crippen molar-refractivity contribution < 1.29 is 0 Å². The van der Waals surface area contributed by atoms with Crippen LogP contribution in [0, 0.1) is 0 Å². The van der Waals surface area contributed by atoms with Crippen LogP contribution in [0.2, 0.25) is 0 Å². The van der Waals surface area contributed by atoms with Crippen LogP contribution in [-0.4, -0.2) is 37.2 Å². The molecule has 1 aromatic heterocycles. The van der Waals surface area contributed by atoms with Gasteiger partial charge < -0.3 is 15.1 Å². The average Bonchev–Trinajstić information content (AvgIpc) is 2.76. The predicted octanol–water partition coefficient (Wildman–Crippen LogP) is 7.77. The van der Waals surface area contributed by atoms with E-state index in [9.17, 15) is 0 Å². The molecule has 0 amide bonds. The van der Waals surface area contributed by atoms with Crippen molar-refractivity contribution in [2.45, 2.75) is 105 Å². The molecule has 184 valence electrons. The van der Waals surface area contributed by atoms with E-state index in [4.69, 9.17) is 17.2 Å². The van der Waals surface area contributed by atoms with E-state index in [0.717, 1.165) is 16.6 Å². The minimum Gasteiger partial charge on any atom is -0.342 e. The monoisotopic (exact) mass is 470 g/mol. The first-order chi connectivity index (χ1) is 15.3. The number of thiocarbonyl (C=S) groups is 1. The van der Waals surface area contributed by atoms with Crippen molar-refractivity contribution in [1.29, 1.82) is 0 Å². The van der Waals surface area contributed by atoms with Crippen LogP contribution >= 0.6 is 12.2 Å². The summed E-state index contributed by atoms with van der Waals surface area (Å²) in [6, 6.07) is 16.3. The molecule has 0 radical (unpaired) electrons. The van der Waals surface area contributed by atoms with E-state index in [1.54, 1.807) is 0 Å². The quantitative estimate of drug-likeness (QED) is 0.453. The number of nitrogens with zero attached hydrogens (tertiary/aromatic N) is 3. The first-order valence-electron chi connectivity index (χ1n) is 12.2. The van der Waals surface area contributed by atoms with E-state index >= 15 is 0 Å². The molecule has 1 aliphatic heterocycles. The Morgan fingerprint density at radius 3 is 1.58 bits per heavy atom. The molecular formula is C28H46N4S. The number of anilines is 2. The highest BCUT2D eigenvalue weighted by Crippen LogP contribution is 2.52. The topological polar surface area (TPSA) is 31.4 Å². The van der Waals surface area contributed by atoms with Crippen molar-refractivity contribution in [3.8, 4) is 0 Å². The summed E-state index contributed by atoms with van der Waals surface area (Å²) >= 11 is 6.00. The number of rotatable bonds is 2. The molecule has 1 aromatic carbocycles. The molecule has 1 fully saturated rings. The molecule has 4 nitrogen and oxygen atoms in total. The van der Waals surface area contributed by atoms with Gasteiger partial charge in [0.25, 0.3) is 0 Å². The van der Waals surface area contributed by atoms with Crippen LogP contribution in [-0.2, 0) is 0 Å². The second-order valence-electron chi connectivity index (χ2n) is 9.89. The Labute approximate surface area is 208 Å². The summed E-state index contributed by atoms with van der Waals surface area (Å²) in [5, 5.41) is 4.22. The standard InChI is InChI=1S/C24H34N4S.2C2H6/c1-21(2)23(5,6)28(20(29)26-18-14-10-9-11-15-18)24(7,8)22(3,4)27(21)19-16-12-13-17-25-19;2*1-2/h9-17H,1-8H3,(H,26,29);2*1-2H3. The molecule has 1 aliphatic rings. The minimum atomic E-state index is -0.275. The van der Waals surface area contributed by atoms with Crippen molar-refractivity contribution in [2.24, 2.45) is 0 Å². The first kappa shape index (κ1) is 28.9. The van der Waals surface area contributed by atoms with Gasteiger partial charge in [0.2, 0.25) is 0 Å². The summed E-state index contributed by atoms with van der Waals surface area (Å²) in [4.78, 5) is 9.59. The number of hydrogen-bond donors (Lipinski definition) is 1. The summed E-state index contributed by atoms with van der Waals surface area (Å²) in [6.07, 6.45) is 1.87. The van der Waals surface area contributed by atoms with Crippen LogP contribution in [0.4, 0.5) is 11.5 Å². The van der Waals surface area contributed by atoms with Gasteiger partial charge in [-0.1, -0.05) is 52.0 Å². The number of benzene rings is 1. The lowest BCUT2D eigenvalue weighted by atomic mass is 9.65. The van der Waals surface area contributed by atoms with Crippen LogP contribution < -0.4 is 10.2 Å². The summed E-state index contributed by atoms with van der Waals surface area (Å²) < 4.78 is 0. The number of pyridine rings is 1. The van der Waals surface area contributed by atoms with Gasteiger partial charge in [-0.3, -0.25) is 0 Å². The van der Waals surface area contributed by atoms with Crippen molar-refractivity contribution in [1.82, 2.24) is 9.88 Å². The number of para-hydroxylation sites is 1. The van der Waals surface area contributed by atoms with Gasteiger partial charge in [-0.05, 0) is 91.9 Å². The highest BCUT2D eigenvalue weighted by atomic mass is 32.1. The highest BCUT2D eigenvalue weighted by molar-refractivity contribution is 7.80. The van der Waals surface area contributed by atoms with Crippen molar-refractivity contribution in [2.75, 3.05) is 10.2 Å². The summed E-state index contributed by atoms with van der Waals surface area (Å²) in [7, 11) is 0. The van der Waals surface area contributed by atoms with Gasteiger partial charge in [0, 0.05) is 11.9 Å². The summed E-state index contributed by atoms with van der Waals surface area (Å²) in [6.45, 7) is 26.3. The maximum Gasteiger partial charge on any atom is 0.174 e. The molecule has 2 heterocycles. The molecule has 1 saturated heterocycles. The number of hydrogen-bond acceptors (Lipinski definition) is 3. The Morgan fingerprint density at radius 1 is 0.697 bits per heavy atom. The fraction of sp³-hybridized carbons (Fsp3) is 0.571. The zero-order chi connectivity index (χ0) is 25.7. The van der Waals surface area contributed by atoms with Crippen LogP contribution in [0.25, 0.3) is 0 Å². The molecule has 0 atom stereocenters. The van der Waals surface area contributed by atoms with Gasteiger partial charge in [-0.15, -0.1) is 0 Å². The van der Waals surface area contributed by atoms with E-state index in [1.807, 2.05) is 70.3 Å². The molecule has 0 unspecified atom stereocenters. The lowest BCUT2D eigenvalue weighted by molar-refractivity contribution is -0.0528. The fourth-order valence-corrected chi connectivity index (χ4v) is 5.33. The Morgan fingerprint density at radius 2 is 1.15 bits per heavy atom. The molecule has 5 heteroatoms. The van der Waals surface area contributed by atoms with E-state index in [2.05, 4.69) is 82.6 Å². The third-order valence-electron chi connectivity index (χ3n) is 7.34. The largest absolute Gasteiger partial charge is 0.342 e. The van der Waals surface area contributed by atoms with Gasteiger partial charge in [0.05, 0.1) is 22.2 Å². The zero-order valence-corrected chi connectivity index (χ0v) is 23.8. The van der Waals surface area contributed by atoms with E-state index in [0.29, 0.717) is 0 Å². The summed E-state index contributed by atoms with van der Waals surface area (Å²) in [5.74, 6) is 0.991. The Balaban J connectivity index is 0.00000129. The lowest BCUT2D eigenvalue weighted by Gasteiger charge is -2.72. The number of aromatic nitrogens is 1. The third-order valence-corrected chi connectivity index (χ3v) is 7.62. The average molecular weight is 471 g/mol. The highest BCUT2D eigenvalue weighted by Gasteiger charge is 2.64. The van der Waals surface area contributed by atoms with Crippen LogP contribution in [0.3, 0.4) is 0 Å². The molecule has 3 rings (SSSR count). The van der Waals surface area contributed by atoms with Gasteiger partial charge in [0.15, 0.2) is 5.11 Å². The molecule has 1 N–H and O–H groups in total. The van der Waals surface area contributed by atoms with Crippen LogP contribution in [0.1, 0.15) is 83.1 Å². The second kappa shape index (κ2) is 10.9. The zero-order valence-electron chi connectivity index (χ0n) is 22.9. The molecule has 2 aromatic rings. The summed E-state index contributed by atoms with van der Waals surface area (Å²) in [5.41, 5.74) is -0.0389. The molecular weight excluding hydrogens is 424 g/mol. The molecule has 0 spiro atoms.